The average Bonchev–Trinajstić information content (AvgIpc) is 3.20. The van der Waals surface area contributed by atoms with Crippen LogP contribution >= 0.6 is 0 Å². The van der Waals surface area contributed by atoms with E-state index in [1.54, 1.807) is 31.0 Å². The Hall–Kier alpha value is -2.87. The van der Waals surface area contributed by atoms with Gasteiger partial charge >= 0.3 is 0 Å². The largest absolute Gasteiger partial charge is 0.466 e. The fraction of sp³-hybridized carbons (Fsp3) is 0.421. The number of ether oxygens (including phenoxy) is 1. The molecule has 3 aromatic rings. The molecule has 3 rings (SSSR count). The molecule has 3 aromatic heterocycles. The van der Waals surface area contributed by atoms with Crippen molar-refractivity contribution in [2.75, 3.05) is 13.7 Å². The van der Waals surface area contributed by atoms with Crippen molar-refractivity contribution in [3.8, 4) is 11.3 Å². The van der Waals surface area contributed by atoms with Crippen LogP contribution in [0.3, 0.4) is 0 Å². The number of carbonyl (C=O) groups excluding carboxylic acids is 1. The first-order valence-electron chi connectivity index (χ1n) is 8.81. The van der Waals surface area contributed by atoms with Crippen LogP contribution in [0.4, 0.5) is 0 Å². The van der Waals surface area contributed by atoms with Crippen molar-refractivity contribution in [3.63, 3.8) is 0 Å². The van der Waals surface area contributed by atoms with E-state index < -0.39 is 0 Å². The van der Waals surface area contributed by atoms with E-state index in [9.17, 15) is 9.59 Å². The molecule has 0 saturated carbocycles. The van der Waals surface area contributed by atoms with Crippen LogP contribution in [0.1, 0.15) is 35.4 Å². The van der Waals surface area contributed by atoms with E-state index in [0.717, 1.165) is 23.5 Å². The Morgan fingerprint density at radius 3 is 2.70 bits per heavy atom. The summed E-state index contributed by atoms with van der Waals surface area (Å²) in [4.78, 5) is 29.5. The van der Waals surface area contributed by atoms with Gasteiger partial charge in [0.15, 0.2) is 0 Å². The molecule has 0 fully saturated rings. The molecule has 1 N–H and O–H groups in total. The van der Waals surface area contributed by atoms with Crippen molar-refractivity contribution < 1.29 is 13.9 Å². The smallest absolute Gasteiger partial charge is 0.294 e. The van der Waals surface area contributed by atoms with E-state index in [1.165, 1.54) is 4.57 Å². The number of nitrogens with zero attached hydrogens (tertiary/aromatic N) is 3. The molecule has 0 aliphatic heterocycles. The number of hydrogen-bond acceptors (Lipinski definition) is 5. The summed E-state index contributed by atoms with van der Waals surface area (Å²) < 4.78 is 13.8. The quantitative estimate of drug-likeness (QED) is 0.715. The van der Waals surface area contributed by atoms with E-state index in [0.29, 0.717) is 12.3 Å². The standard InChI is InChI=1S/C19H24N4O4/c1-6-13(10-26-5)20-18(24)15-8-23-9-16(14-7-11(2)27-12(14)3)22(4)19(25)17(23)21-15/h7-9,13H,6,10H2,1-5H3,(H,20,24)/t13-/m1/s1. The Morgan fingerprint density at radius 2 is 2.11 bits per heavy atom. The number of aromatic nitrogens is 3. The second kappa shape index (κ2) is 7.40. The summed E-state index contributed by atoms with van der Waals surface area (Å²) in [7, 11) is 3.27. The van der Waals surface area contributed by atoms with Crippen LogP contribution in [0, 0.1) is 13.8 Å². The summed E-state index contributed by atoms with van der Waals surface area (Å²) in [6.45, 7) is 6.09. The lowest BCUT2D eigenvalue weighted by molar-refractivity contribution is 0.0890. The van der Waals surface area contributed by atoms with Crippen LogP contribution < -0.4 is 10.9 Å². The lowest BCUT2D eigenvalue weighted by Gasteiger charge is -2.14. The van der Waals surface area contributed by atoms with Gasteiger partial charge in [-0.3, -0.25) is 14.0 Å². The van der Waals surface area contributed by atoms with Gasteiger partial charge in [-0.2, -0.15) is 0 Å². The second-order valence-corrected chi connectivity index (χ2v) is 6.60. The van der Waals surface area contributed by atoms with Crippen molar-refractivity contribution in [2.24, 2.45) is 7.05 Å². The van der Waals surface area contributed by atoms with Crippen LogP contribution in [0.15, 0.2) is 27.7 Å². The van der Waals surface area contributed by atoms with E-state index in [1.807, 2.05) is 26.8 Å². The van der Waals surface area contributed by atoms with Gasteiger partial charge in [0.25, 0.3) is 11.5 Å². The highest BCUT2D eigenvalue weighted by Gasteiger charge is 2.19. The van der Waals surface area contributed by atoms with Crippen LogP contribution in [0.25, 0.3) is 16.9 Å². The number of imidazole rings is 1. The second-order valence-electron chi connectivity index (χ2n) is 6.60. The Bertz CT molecular complexity index is 1040. The summed E-state index contributed by atoms with van der Waals surface area (Å²) >= 11 is 0. The highest BCUT2D eigenvalue weighted by Crippen LogP contribution is 2.25. The van der Waals surface area contributed by atoms with Crippen molar-refractivity contribution >= 4 is 11.6 Å². The van der Waals surface area contributed by atoms with Crippen LogP contribution in [-0.4, -0.2) is 39.6 Å². The normalized spacial score (nSPS) is 12.5. The van der Waals surface area contributed by atoms with Crippen LogP contribution in [0.2, 0.25) is 0 Å². The summed E-state index contributed by atoms with van der Waals surface area (Å²) in [5.41, 5.74) is 1.63. The number of furan rings is 1. The lowest BCUT2D eigenvalue weighted by Crippen LogP contribution is -2.37. The van der Waals surface area contributed by atoms with E-state index in [2.05, 4.69) is 10.3 Å². The molecule has 27 heavy (non-hydrogen) atoms. The molecule has 1 atom stereocenters. The minimum absolute atomic E-state index is 0.109. The molecule has 144 valence electrons. The molecule has 1 amide bonds. The monoisotopic (exact) mass is 372 g/mol. The Labute approximate surface area is 156 Å². The molecule has 0 aromatic carbocycles. The van der Waals surface area contributed by atoms with Gasteiger partial charge in [0, 0.05) is 32.1 Å². The molecule has 0 saturated heterocycles. The number of nitrogens with one attached hydrogen (secondary N) is 1. The van der Waals surface area contributed by atoms with Gasteiger partial charge in [-0.25, -0.2) is 4.98 Å². The molecule has 8 heteroatoms. The van der Waals surface area contributed by atoms with Crippen molar-refractivity contribution in [1.82, 2.24) is 19.3 Å². The van der Waals surface area contributed by atoms with Gasteiger partial charge in [0.2, 0.25) is 5.65 Å². The summed E-state index contributed by atoms with van der Waals surface area (Å²) in [5.74, 6) is 1.16. The molecule has 8 nitrogen and oxygen atoms in total. The highest BCUT2D eigenvalue weighted by atomic mass is 16.5. The van der Waals surface area contributed by atoms with Gasteiger partial charge in [0.05, 0.1) is 18.3 Å². The molecule has 3 heterocycles. The summed E-state index contributed by atoms with van der Waals surface area (Å²) in [6, 6.07) is 1.78. The maximum Gasteiger partial charge on any atom is 0.294 e. The Balaban J connectivity index is 2.03. The maximum absolute atomic E-state index is 12.8. The third-order valence-electron chi connectivity index (χ3n) is 4.60. The van der Waals surface area contributed by atoms with E-state index in [4.69, 9.17) is 9.15 Å². The molecular weight excluding hydrogens is 348 g/mol. The molecule has 0 bridgehead atoms. The fourth-order valence-electron chi connectivity index (χ4n) is 3.09. The number of carbonyl (C=O) groups is 1. The van der Waals surface area contributed by atoms with Gasteiger partial charge in [-0.05, 0) is 26.3 Å². The van der Waals surface area contributed by atoms with E-state index >= 15 is 0 Å². The van der Waals surface area contributed by atoms with Gasteiger partial charge in [-0.15, -0.1) is 0 Å². The number of rotatable bonds is 6. The average molecular weight is 372 g/mol. The van der Waals surface area contributed by atoms with Crippen LogP contribution in [0.5, 0.6) is 0 Å². The summed E-state index contributed by atoms with van der Waals surface area (Å²) in [6.07, 6.45) is 4.08. The Morgan fingerprint density at radius 1 is 1.37 bits per heavy atom. The zero-order valence-electron chi connectivity index (χ0n) is 16.2. The fourth-order valence-corrected chi connectivity index (χ4v) is 3.09. The lowest BCUT2D eigenvalue weighted by atomic mass is 10.2. The van der Waals surface area contributed by atoms with Crippen molar-refractivity contribution in [2.45, 2.75) is 33.2 Å². The first-order chi connectivity index (χ1) is 12.8. The Kier molecular flexibility index (Phi) is 5.18. The van der Waals surface area contributed by atoms with Gasteiger partial charge in [-0.1, -0.05) is 6.92 Å². The number of fused-ring (bicyclic) bond motifs is 1. The first kappa shape index (κ1) is 18.9. The predicted octanol–water partition coefficient (Wildman–Crippen LogP) is 2.06. The zero-order valence-corrected chi connectivity index (χ0v) is 16.2. The highest BCUT2D eigenvalue weighted by molar-refractivity contribution is 5.93. The number of hydrogen-bond donors (Lipinski definition) is 1. The molecular formula is C19H24N4O4. The minimum Gasteiger partial charge on any atom is -0.466 e. The SMILES string of the molecule is CC[C@H](COC)NC(=O)c1cn2cc(-c3cc(C)oc3C)n(C)c(=O)c2n1. The van der Waals surface area contributed by atoms with E-state index in [-0.39, 0.29) is 28.8 Å². The number of aryl methyl sites for hydroxylation is 2. The molecule has 0 spiro atoms. The van der Waals surface area contributed by atoms with Crippen molar-refractivity contribution in [1.29, 1.82) is 0 Å². The van der Waals surface area contributed by atoms with Crippen molar-refractivity contribution in [3.05, 3.63) is 46.0 Å². The van der Waals surface area contributed by atoms with Gasteiger partial charge < -0.3 is 19.0 Å². The zero-order chi connectivity index (χ0) is 19.7. The van der Waals surface area contributed by atoms with Crippen LogP contribution in [-0.2, 0) is 11.8 Å². The third kappa shape index (κ3) is 3.52. The number of amides is 1. The first-order valence-corrected chi connectivity index (χ1v) is 8.81. The molecule has 0 radical (unpaired) electrons. The molecule has 0 aliphatic carbocycles. The minimum atomic E-state index is -0.332. The third-order valence-corrected chi connectivity index (χ3v) is 4.60. The maximum atomic E-state index is 12.8. The molecule has 0 aliphatic rings. The molecule has 0 unspecified atom stereocenters. The van der Waals surface area contributed by atoms with Gasteiger partial charge in [0.1, 0.15) is 17.2 Å². The predicted molar refractivity (Wildman–Crippen MR) is 101 cm³/mol. The number of methoxy groups -OCH3 is 1. The topological polar surface area (TPSA) is 90.8 Å². The summed E-state index contributed by atoms with van der Waals surface area (Å²) in [5, 5.41) is 2.87.